The minimum Gasteiger partial charge on any atom is -0.360 e. The molecular weight excluding hydrogens is 324 g/mol. The lowest BCUT2D eigenvalue weighted by atomic mass is 10.0. The number of amides is 1. The van der Waals surface area contributed by atoms with Crippen LogP contribution in [0, 0.1) is 0 Å². The fourth-order valence-corrected chi connectivity index (χ4v) is 2.72. The summed E-state index contributed by atoms with van der Waals surface area (Å²) in [6.45, 7) is 4.20. The molecule has 0 saturated carbocycles. The number of fused-ring (bicyclic) bond motifs is 1. The van der Waals surface area contributed by atoms with Gasteiger partial charge in [0.25, 0.3) is 11.7 Å². The fourth-order valence-electron chi connectivity index (χ4n) is 2.55. The first-order chi connectivity index (χ1) is 11.5. The summed E-state index contributed by atoms with van der Waals surface area (Å²) in [4.78, 5) is 27.6. The van der Waals surface area contributed by atoms with Crippen molar-refractivity contribution >= 4 is 39.9 Å². The molecule has 1 aromatic heterocycles. The number of halogens is 1. The summed E-state index contributed by atoms with van der Waals surface area (Å²) in [6, 6.07) is 12.6. The summed E-state index contributed by atoms with van der Waals surface area (Å²) >= 11 is 5.93. The number of rotatable bonds is 4. The van der Waals surface area contributed by atoms with Crippen LogP contribution in [-0.4, -0.2) is 16.7 Å². The molecule has 0 aliphatic heterocycles. The molecule has 3 aromatic rings. The number of aromatic amines is 1. The third-order valence-corrected chi connectivity index (χ3v) is 4.16. The number of benzene rings is 2. The fraction of sp³-hybridized carbons (Fsp3) is 0.158. The van der Waals surface area contributed by atoms with Gasteiger partial charge in [0.2, 0.25) is 0 Å². The second-order valence-electron chi connectivity index (χ2n) is 5.95. The zero-order valence-electron chi connectivity index (χ0n) is 13.4. The van der Waals surface area contributed by atoms with Crippen molar-refractivity contribution in [1.29, 1.82) is 0 Å². The number of carbonyl (C=O) groups excluding carboxylic acids is 2. The Kier molecular flexibility index (Phi) is 4.40. The predicted octanol–water partition coefficient (Wildman–Crippen LogP) is 4.77. The average Bonchev–Trinajstić information content (AvgIpc) is 2.97. The van der Waals surface area contributed by atoms with Crippen LogP contribution in [0.15, 0.2) is 48.7 Å². The lowest BCUT2D eigenvalue weighted by molar-refractivity contribution is -0.112. The number of ketones is 1. The number of nitrogens with one attached hydrogen (secondary N) is 2. The van der Waals surface area contributed by atoms with E-state index >= 15 is 0 Å². The number of hydrogen-bond donors (Lipinski definition) is 2. The van der Waals surface area contributed by atoms with Gasteiger partial charge in [-0.25, -0.2) is 0 Å². The first-order valence-corrected chi connectivity index (χ1v) is 8.06. The third-order valence-electron chi connectivity index (χ3n) is 3.93. The summed E-state index contributed by atoms with van der Waals surface area (Å²) in [5.74, 6) is -0.839. The molecule has 0 atom stereocenters. The van der Waals surface area contributed by atoms with Crippen LogP contribution in [0.25, 0.3) is 10.9 Å². The Morgan fingerprint density at radius 1 is 1.08 bits per heavy atom. The number of H-pyrrole nitrogens is 1. The van der Waals surface area contributed by atoms with Crippen LogP contribution in [0.5, 0.6) is 0 Å². The Labute approximate surface area is 144 Å². The molecule has 0 saturated heterocycles. The van der Waals surface area contributed by atoms with Crippen molar-refractivity contribution in [1.82, 2.24) is 4.98 Å². The molecule has 0 unspecified atom stereocenters. The van der Waals surface area contributed by atoms with E-state index in [-0.39, 0.29) is 0 Å². The summed E-state index contributed by atoms with van der Waals surface area (Å²) < 4.78 is 0. The number of aromatic nitrogens is 1. The maximum atomic E-state index is 12.4. The summed E-state index contributed by atoms with van der Waals surface area (Å²) in [5.41, 5.74) is 2.83. The van der Waals surface area contributed by atoms with Crippen molar-refractivity contribution in [2.75, 3.05) is 5.32 Å². The topological polar surface area (TPSA) is 62.0 Å². The lowest BCUT2D eigenvalue weighted by Gasteiger charge is -2.08. The van der Waals surface area contributed by atoms with E-state index in [1.54, 1.807) is 30.3 Å². The first kappa shape index (κ1) is 16.3. The maximum Gasteiger partial charge on any atom is 0.296 e. The summed E-state index contributed by atoms with van der Waals surface area (Å²) in [5, 5.41) is 3.89. The average molecular weight is 341 g/mol. The third kappa shape index (κ3) is 3.19. The van der Waals surface area contributed by atoms with E-state index in [2.05, 4.69) is 24.1 Å². The van der Waals surface area contributed by atoms with Crippen molar-refractivity contribution in [3.63, 3.8) is 0 Å². The summed E-state index contributed by atoms with van der Waals surface area (Å²) in [7, 11) is 0. The quantitative estimate of drug-likeness (QED) is 0.531. The van der Waals surface area contributed by atoms with E-state index in [1.165, 1.54) is 11.8 Å². The van der Waals surface area contributed by atoms with Crippen LogP contribution in [0.1, 0.15) is 35.7 Å². The molecule has 2 N–H and O–H groups in total. The van der Waals surface area contributed by atoms with E-state index in [0.29, 0.717) is 27.6 Å². The van der Waals surface area contributed by atoms with Gasteiger partial charge in [0, 0.05) is 27.8 Å². The van der Waals surface area contributed by atoms with Gasteiger partial charge in [-0.1, -0.05) is 43.6 Å². The molecule has 4 nitrogen and oxygen atoms in total. The van der Waals surface area contributed by atoms with Gasteiger partial charge in [0.15, 0.2) is 0 Å². The van der Waals surface area contributed by atoms with E-state index in [1.807, 2.05) is 12.1 Å². The lowest BCUT2D eigenvalue weighted by Crippen LogP contribution is -2.22. The molecule has 0 bridgehead atoms. The van der Waals surface area contributed by atoms with Crippen molar-refractivity contribution < 1.29 is 9.59 Å². The van der Waals surface area contributed by atoms with Crippen LogP contribution >= 0.6 is 11.6 Å². The minimum absolute atomic E-state index is 0.331. The predicted molar refractivity (Wildman–Crippen MR) is 96.8 cm³/mol. The first-order valence-electron chi connectivity index (χ1n) is 7.68. The molecule has 5 heteroatoms. The second kappa shape index (κ2) is 6.49. The SMILES string of the molecule is CC(C)c1ccc(NC(=O)C(=O)c2c[nH]c3cc(Cl)ccc23)cc1. The second-order valence-corrected chi connectivity index (χ2v) is 6.39. The monoisotopic (exact) mass is 340 g/mol. The van der Waals surface area contributed by atoms with E-state index < -0.39 is 11.7 Å². The van der Waals surface area contributed by atoms with E-state index in [4.69, 9.17) is 11.6 Å². The molecule has 3 rings (SSSR count). The molecular formula is C19H17ClN2O2. The van der Waals surface area contributed by atoms with E-state index in [9.17, 15) is 9.59 Å². The standard InChI is InChI=1S/C19H17ClN2O2/c1-11(2)12-3-6-14(7-4-12)22-19(24)18(23)16-10-21-17-9-13(20)5-8-15(16)17/h3-11,21H,1-2H3,(H,22,24). The van der Waals surface area contributed by atoms with Crippen molar-refractivity contribution in [2.45, 2.75) is 19.8 Å². The molecule has 1 heterocycles. The van der Waals surface area contributed by atoms with Crippen LogP contribution < -0.4 is 5.32 Å². The molecule has 2 aromatic carbocycles. The smallest absolute Gasteiger partial charge is 0.296 e. The van der Waals surface area contributed by atoms with Gasteiger partial charge in [-0.05, 0) is 35.7 Å². The van der Waals surface area contributed by atoms with Crippen LogP contribution in [-0.2, 0) is 4.79 Å². The number of anilines is 1. The Morgan fingerprint density at radius 2 is 1.79 bits per heavy atom. The number of hydrogen-bond acceptors (Lipinski definition) is 2. The van der Waals surface area contributed by atoms with Gasteiger partial charge < -0.3 is 10.3 Å². The number of carbonyl (C=O) groups is 2. The molecule has 0 fully saturated rings. The van der Waals surface area contributed by atoms with Gasteiger partial charge in [-0.2, -0.15) is 0 Å². The highest BCUT2D eigenvalue weighted by Crippen LogP contribution is 2.23. The van der Waals surface area contributed by atoms with Crippen molar-refractivity contribution in [2.24, 2.45) is 0 Å². The highest BCUT2D eigenvalue weighted by molar-refractivity contribution is 6.48. The molecule has 24 heavy (non-hydrogen) atoms. The molecule has 0 aliphatic carbocycles. The molecule has 122 valence electrons. The Morgan fingerprint density at radius 3 is 2.46 bits per heavy atom. The minimum atomic E-state index is -0.664. The highest BCUT2D eigenvalue weighted by Gasteiger charge is 2.20. The normalized spacial score (nSPS) is 11.0. The van der Waals surface area contributed by atoms with Gasteiger partial charge in [-0.15, -0.1) is 0 Å². The Hall–Kier alpha value is -2.59. The van der Waals surface area contributed by atoms with Crippen LogP contribution in [0.3, 0.4) is 0 Å². The summed E-state index contributed by atoms with van der Waals surface area (Å²) in [6.07, 6.45) is 1.53. The van der Waals surface area contributed by atoms with E-state index in [0.717, 1.165) is 5.52 Å². The van der Waals surface area contributed by atoms with Gasteiger partial charge in [0.1, 0.15) is 0 Å². The van der Waals surface area contributed by atoms with Crippen LogP contribution in [0.4, 0.5) is 5.69 Å². The maximum absolute atomic E-state index is 12.4. The van der Waals surface area contributed by atoms with Crippen molar-refractivity contribution in [3.05, 3.63) is 64.8 Å². The van der Waals surface area contributed by atoms with Gasteiger partial charge in [-0.3, -0.25) is 9.59 Å². The zero-order valence-corrected chi connectivity index (χ0v) is 14.1. The molecule has 0 radical (unpaired) electrons. The molecule has 0 spiro atoms. The molecule has 0 aliphatic rings. The highest BCUT2D eigenvalue weighted by atomic mass is 35.5. The number of Topliss-reactive ketones (excluding diaryl/α,β-unsaturated/α-hetero) is 1. The Balaban J connectivity index is 1.80. The van der Waals surface area contributed by atoms with Gasteiger partial charge >= 0.3 is 0 Å². The Bertz CT molecular complexity index is 911. The van der Waals surface area contributed by atoms with Gasteiger partial charge in [0.05, 0.1) is 5.56 Å². The van der Waals surface area contributed by atoms with Crippen LogP contribution in [0.2, 0.25) is 5.02 Å². The largest absolute Gasteiger partial charge is 0.360 e. The zero-order chi connectivity index (χ0) is 17.3. The molecule has 1 amide bonds. The van der Waals surface area contributed by atoms with Crippen molar-refractivity contribution in [3.8, 4) is 0 Å².